The van der Waals surface area contributed by atoms with Crippen LogP contribution >= 0.6 is 0 Å². The van der Waals surface area contributed by atoms with Crippen LogP contribution in [0.1, 0.15) is 18.7 Å². The van der Waals surface area contributed by atoms with Crippen LogP contribution in [0.15, 0.2) is 41.1 Å². The molecule has 0 aliphatic carbocycles. The highest BCUT2D eigenvalue weighted by Gasteiger charge is 2.27. The normalized spacial score (nSPS) is 18.0. The van der Waals surface area contributed by atoms with Gasteiger partial charge in [-0.1, -0.05) is 5.16 Å². The van der Waals surface area contributed by atoms with Crippen molar-refractivity contribution in [1.82, 2.24) is 15.1 Å². The van der Waals surface area contributed by atoms with Crippen LogP contribution in [0, 0.1) is 12.8 Å². The number of hydrogen-bond acceptors (Lipinski definition) is 8. The van der Waals surface area contributed by atoms with Gasteiger partial charge in [0.05, 0.1) is 11.5 Å². The maximum Gasteiger partial charge on any atom is 0.259 e. The second kappa shape index (κ2) is 8.25. The fourth-order valence-corrected chi connectivity index (χ4v) is 3.88. The van der Waals surface area contributed by atoms with Gasteiger partial charge >= 0.3 is 0 Å². The minimum atomic E-state index is -0.123. The summed E-state index contributed by atoms with van der Waals surface area (Å²) in [4.78, 5) is 23.8. The molecule has 1 aromatic carbocycles. The Morgan fingerprint density at radius 3 is 2.81 bits per heavy atom. The quantitative estimate of drug-likeness (QED) is 0.686. The van der Waals surface area contributed by atoms with Crippen LogP contribution in [-0.4, -0.2) is 47.3 Å². The number of carbonyl (C=O) groups is 1. The number of hydrogen-bond donors (Lipinski definition) is 1. The molecular weight excluding hydrogens is 398 g/mol. The molecule has 2 aliphatic rings. The van der Waals surface area contributed by atoms with Crippen LogP contribution in [0.5, 0.6) is 11.5 Å². The van der Waals surface area contributed by atoms with Crippen molar-refractivity contribution in [2.24, 2.45) is 5.92 Å². The van der Waals surface area contributed by atoms with Crippen molar-refractivity contribution in [3.63, 3.8) is 0 Å². The Bertz CT molecular complexity index is 1080. The van der Waals surface area contributed by atoms with E-state index in [1.807, 2.05) is 30.3 Å². The molecule has 2 aromatic heterocycles. The molecule has 4 heterocycles. The summed E-state index contributed by atoms with van der Waals surface area (Å²) in [7, 11) is 0. The summed E-state index contributed by atoms with van der Waals surface area (Å²) in [6, 6.07) is 9.32. The summed E-state index contributed by atoms with van der Waals surface area (Å²) >= 11 is 0. The van der Waals surface area contributed by atoms with Crippen LogP contribution in [0.3, 0.4) is 0 Å². The minimum absolute atomic E-state index is 0.000617. The van der Waals surface area contributed by atoms with E-state index in [-0.39, 0.29) is 11.8 Å². The van der Waals surface area contributed by atoms with Crippen LogP contribution < -0.4 is 19.7 Å². The van der Waals surface area contributed by atoms with Crippen molar-refractivity contribution in [1.29, 1.82) is 0 Å². The van der Waals surface area contributed by atoms with Gasteiger partial charge in [-0.25, -0.2) is 4.98 Å². The van der Waals surface area contributed by atoms with Gasteiger partial charge < -0.3 is 24.2 Å². The number of benzene rings is 1. The molecule has 1 N–H and O–H groups in total. The number of aryl methyl sites for hydroxylation is 1. The summed E-state index contributed by atoms with van der Waals surface area (Å²) in [5.74, 6) is 3.11. The van der Waals surface area contributed by atoms with E-state index in [9.17, 15) is 4.79 Å². The van der Waals surface area contributed by atoms with Crippen molar-refractivity contribution >= 4 is 17.4 Å². The summed E-state index contributed by atoms with van der Waals surface area (Å²) in [5.41, 5.74) is 1.48. The van der Waals surface area contributed by atoms with E-state index in [0.717, 1.165) is 30.8 Å². The average molecular weight is 421 g/mol. The Morgan fingerprint density at radius 2 is 2.03 bits per heavy atom. The molecule has 9 heteroatoms. The number of nitrogens with one attached hydrogen (secondary N) is 1. The second-order valence-corrected chi connectivity index (χ2v) is 7.68. The lowest BCUT2D eigenvalue weighted by Gasteiger charge is -2.33. The molecule has 2 aliphatic heterocycles. The van der Waals surface area contributed by atoms with Gasteiger partial charge in [0.2, 0.25) is 5.91 Å². The van der Waals surface area contributed by atoms with Gasteiger partial charge in [0.15, 0.2) is 17.3 Å². The summed E-state index contributed by atoms with van der Waals surface area (Å²) in [6.07, 6.45) is 3.49. The summed E-state index contributed by atoms with van der Waals surface area (Å²) < 4.78 is 16.3. The first-order valence-electron chi connectivity index (χ1n) is 10.4. The Hall–Kier alpha value is -3.62. The number of aromatic nitrogens is 3. The van der Waals surface area contributed by atoms with Crippen LogP contribution in [0.25, 0.3) is 11.5 Å². The zero-order valence-electron chi connectivity index (χ0n) is 17.2. The Labute approximate surface area is 179 Å². The third kappa shape index (κ3) is 4.16. The molecule has 0 unspecified atom stereocenters. The Morgan fingerprint density at radius 1 is 1.16 bits per heavy atom. The zero-order valence-corrected chi connectivity index (χ0v) is 17.2. The molecule has 160 valence electrons. The van der Waals surface area contributed by atoms with E-state index in [1.54, 1.807) is 13.1 Å². The molecular formula is C22H23N5O4. The van der Waals surface area contributed by atoms with Crippen molar-refractivity contribution < 1.29 is 18.8 Å². The van der Waals surface area contributed by atoms with Gasteiger partial charge in [0.1, 0.15) is 19.0 Å². The number of fused-ring (bicyclic) bond motifs is 1. The standard InChI is InChI=1S/C22H23N5O4/c1-14-24-22(31-26-14)15-4-7-20(23-12-15)27-8-2-3-16(13-27)21(28)25-17-5-6-18-19(11-17)30-10-9-29-18/h4-7,11-12,16H,2-3,8-10,13H2,1H3,(H,25,28)/t16-/m1/s1. The molecule has 0 radical (unpaired) electrons. The minimum Gasteiger partial charge on any atom is -0.486 e. The van der Waals surface area contributed by atoms with Crippen molar-refractivity contribution in [3.05, 3.63) is 42.4 Å². The van der Waals surface area contributed by atoms with E-state index in [4.69, 9.17) is 14.0 Å². The monoisotopic (exact) mass is 421 g/mol. The summed E-state index contributed by atoms with van der Waals surface area (Å²) in [5, 5.41) is 6.83. The number of nitrogens with zero attached hydrogens (tertiary/aromatic N) is 4. The fraction of sp³-hybridized carbons (Fsp3) is 0.364. The van der Waals surface area contributed by atoms with Crippen LogP contribution in [0.2, 0.25) is 0 Å². The topological polar surface area (TPSA) is 103 Å². The predicted octanol–water partition coefficient (Wildman–Crippen LogP) is 3.07. The SMILES string of the molecule is Cc1noc(-c2ccc(N3CCC[C@@H](C(=O)Nc4ccc5c(c4)OCCO5)C3)nc2)n1. The van der Waals surface area contributed by atoms with Crippen LogP contribution in [-0.2, 0) is 4.79 Å². The third-order valence-corrected chi connectivity index (χ3v) is 5.45. The molecule has 0 spiro atoms. The van der Waals surface area contributed by atoms with Crippen LogP contribution in [0.4, 0.5) is 11.5 Å². The molecule has 31 heavy (non-hydrogen) atoms. The number of anilines is 2. The lowest BCUT2D eigenvalue weighted by molar-refractivity contribution is -0.120. The average Bonchev–Trinajstić information content (AvgIpc) is 3.25. The summed E-state index contributed by atoms with van der Waals surface area (Å²) in [6.45, 7) is 4.31. The van der Waals surface area contributed by atoms with Gasteiger partial charge in [-0.2, -0.15) is 4.98 Å². The highest BCUT2D eigenvalue weighted by atomic mass is 16.6. The molecule has 0 bridgehead atoms. The lowest BCUT2D eigenvalue weighted by Crippen LogP contribution is -2.41. The van der Waals surface area contributed by atoms with E-state index in [0.29, 0.717) is 48.7 Å². The molecule has 1 saturated heterocycles. The van der Waals surface area contributed by atoms with Gasteiger partial charge in [0.25, 0.3) is 5.89 Å². The zero-order chi connectivity index (χ0) is 21.2. The molecule has 9 nitrogen and oxygen atoms in total. The fourth-order valence-electron chi connectivity index (χ4n) is 3.88. The van der Waals surface area contributed by atoms with E-state index in [2.05, 4.69) is 25.3 Å². The van der Waals surface area contributed by atoms with Crippen molar-refractivity contribution in [3.8, 4) is 23.0 Å². The molecule has 0 saturated carbocycles. The maximum atomic E-state index is 12.9. The number of rotatable bonds is 4. The third-order valence-electron chi connectivity index (χ3n) is 5.45. The molecule has 1 amide bonds. The number of amides is 1. The van der Waals surface area contributed by atoms with Crippen molar-refractivity contribution in [2.45, 2.75) is 19.8 Å². The van der Waals surface area contributed by atoms with Gasteiger partial charge in [-0.15, -0.1) is 0 Å². The smallest absolute Gasteiger partial charge is 0.259 e. The van der Waals surface area contributed by atoms with E-state index in [1.165, 1.54) is 0 Å². The first-order valence-corrected chi connectivity index (χ1v) is 10.4. The first-order chi connectivity index (χ1) is 15.2. The Kier molecular flexibility index (Phi) is 5.15. The van der Waals surface area contributed by atoms with E-state index >= 15 is 0 Å². The van der Waals surface area contributed by atoms with Gasteiger partial charge in [-0.3, -0.25) is 4.79 Å². The van der Waals surface area contributed by atoms with Gasteiger partial charge in [0, 0.05) is 31.0 Å². The molecule has 1 atom stereocenters. The highest BCUT2D eigenvalue weighted by Crippen LogP contribution is 2.33. The predicted molar refractivity (Wildman–Crippen MR) is 113 cm³/mol. The van der Waals surface area contributed by atoms with Gasteiger partial charge in [-0.05, 0) is 44.0 Å². The second-order valence-electron chi connectivity index (χ2n) is 7.68. The number of pyridine rings is 1. The molecule has 1 fully saturated rings. The highest BCUT2D eigenvalue weighted by molar-refractivity contribution is 5.93. The van der Waals surface area contributed by atoms with E-state index < -0.39 is 0 Å². The van der Waals surface area contributed by atoms with Crippen molar-refractivity contribution in [2.75, 3.05) is 36.5 Å². The lowest BCUT2D eigenvalue weighted by atomic mass is 9.97. The number of piperidine rings is 1. The molecule has 3 aromatic rings. The number of carbonyl (C=O) groups excluding carboxylic acids is 1. The molecule has 5 rings (SSSR count). The largest absolute Gasteiger partial charge is 0.486 e. The first kappa shape index (κ1) is 19.3. The maximum absolute atomic E-state index is 12.9. The Balaban J connectivity index is 1.24. The number of ether oxygens (including phenoxy) is 2.